The first-order chi connectivity index (χ1) is 8.99. The van der Waals surface area contributed by atoms with Crippen molar-refractivity contribution in [1.29, 1.82) is 0 Å². The number of hydrogen-bond acceptors (Lipinski definition) is 4. The predicted molar refractivity (Wildman–Crippen MR) is 76.4 cm³/mol. The number of aromatic amines is 1. The normalized spacial score (nSPS) is 12.9. The highest BCUT2D eigenvalue weighted by Gasteiger charge is 2.12. The van der Waals surface area contributed by atoms with Crippen molar-refractivity contribution in [2.75, 3.05) is 0 Å². The van der Waals surface area contributed by atoms with Crippen molar-refractivity contribution in [3.8, 4) is 0 Å². The van der Waals surface area contributed by atoms with E-state index in [9.17, 15) is 4.79 Å². The SMILES string of the molecule is CC(C)n1c(Sc2ccc([C@H](C)N)cc2)n[nH]c1=O. The summed E-state index contributed by atoms with van der Waals surface area (Å²) in [7, 11) is 0. The molecule has 0 spiro atoms. The van der Waals surface area contributed by atoms with Crippen LogP contribution in [0.15, 0.2) is 39.1 Å². The Morgan fingerprint density at radius 2 is 1.89 bits per heavy atom. The number of H-pyrrole nitrogens is 1. The summed E-state index contributed by atoms with van der Waals surface area (Å²) in [6.07, 6.45) is 0. The number of aromatic nitrogens is 3. The Bertz CT molecular complexity index is 598. The average Bonchev–Trinajstić information content (AvgIpc) is 2.71. The minimum absolute atomic E-state index is 0.0262. The largest absolute Gasteiger partial charge is 0.344 e. The molecule has 0 aliphatic heterocycles. The van der Waals surface area contributed by atoms with Gasteiger partial charge in [0.2, 0.25) is 0 Å². The van der Waals surface area contributed by atoms with E-state index in [1.165, 1.54) is 11.8 Å². The van der Waals surface area contributed by atoms with Gasteiger partial charge in [-0.05, 0) is 50.2 Å². The zero-order valence-electron chi connectivity index (χ0n) is 11.3. The molecule has 1 aromatic heterocycles. The fourth-order valence-electron chi connectivity index (χ4n) is 1.76. The molecule has 6 heteroatoms. The molecule has 0 bridgehead atoms. The minimum Gasteiger partial charge on any atom is -0.324 e. The molecule has 102 valence electrons. The van der Waals surface area contributed by atoms with Crippen LogP contribution in [0.1, 0.15) is 38.4 Å². The molecule has 5 nitrogen and oxygen atoms in total. The Morgan fingerprint density at radius 1 is 1.26 bits per heavy atom. The predicted octanol–water partition coefficient (Wildman–Crippen LogP) is 2.32. The van der Waals surface area contributed by atoms with E-state index < -0.39 is 0 Å². The lowest BCUT2D eigenvalue weighted by Gasteiger charge is -2.09. The monoisotopic (exact) mass is 278 g/mol. The number of nitrogens with zero attached hydrogens (tertiary/aromatic N) is 2. The number of nitrogens with two attached hydrogens (primary N) is 1. The van der Waals surface area contributed by atoms with Gasteiger partial charge in [-0.25, -0.2) is 9.89 Å². The first-order valence-electron chi connectivity index (χ1n) is 6.19. The van der Waals surface area contributed by atoms with E-state index in [0.29, 0.717) is 5.16 Å². The Kier molecular flexibility index (Phi) is 4.11. The van der Waals surface area contributed by atoms with Crippen molar-refractivity contribution < 1.29 is 0 Å². The van der Waals surface area contributed by atoms with Gasteiger partial charge in [0.15, 0.2) is 5.16 Å². The Hall–Kier alpha value is -1.53. The quantitative estimate of drug-likeness (QED) is 0.900. The van der Waals surface area contributed by atoms with Gasteiger partial charge in [0.25, 0.3) is 0 Å². The van der Waals surface area contributed by atoms with Crippen LogP contribution in [0.25, 0.3) is 0 Å². The lowest BCUT2D eigenvalue weighted by Crippen LogP contribution is -2.19. The van der Waals surface area contributed by atoms with E-state index in [0.717, 1.165) is 10.5 Å². The third-order valence-electron chi connectivity index (χ3n) is 2.80. The first-order valence-corrected chi connectivity index (χ1v) is 7.01. The molecule has 1 aromatic carbocycles. The number of hydrogen-bond donors (Lipinski definition) is 2. The number of nitrogens with one attached hydrogen (secondary N) is 1. The lowest BCUT2D eigenvalue weighted by molar-refractivity contribution is 0.534. The van der Waals surface area contributed by atoms with Gasteiger partial charge in [0.1, 0.15) is 0 Å². The Balaban J connectivity index is 2.24. The molecule has 2 aromatic rings. The standard InChI is InChI=1S/C13H18N4OS/c1-8(2)17-12(18)15-16-13(17)19-11-6-4-10(5-7-11)9(3)14/h4-9H,14H2,1-3H3,(H,15,18)/t9-/m0/s1. The maximum Gasteiger partial charge on any atom is 0.344 e. The summed E-state index contributed by atoms with van der Waals surface area (Å²) in [5, 5.41) is 7.21. The summed E-state index contributed by atoms with van der Waals surface area (Å²) < 4.78 is 1.64. The fourth-order valence-corrected chi connectivity index (χ4v) is 2.73. The van der Waals surface area contributed by atoms with Gasteiger partial charge in [-0.2, -0.15) is 0 Å². The number of rotatable bonds is 4. The van der Waals surface area contributed by atoms with Crippen LogP contribution in [0.3, 0.4) is 0 Å². The molecule has 0 radical (unpaired) electrons. The van der Waals surface area contributed by atoms with E-state index in [1.807, 2.05) is 45.0 Å². The van der Waals surface area contributed by atoms with Crippen LogP contribution < -0.4 is 11.4 Å². The van der Waals surface area contributed by atoms with Crippen LogP contribution in [-0.2, 0) is 0 Å². The summed E-state index contributed by atoms with van der Waals surface area (Å²) in [5.74, 6) is 0. The molecule has 0 unspecified atom stereocenters. The van der Waals surface area contributed by atoms with Crippen LogP contribution >= 0.6 is 11.8 Å². The van der Waals surface area contributed by atoms with Crippen molar-refractivity contribution in [2.24, 2.45) is 5.73 Å². The van der Waals surface area contributed by atoms with Gasteiger partial charge in [-0.3, -0.25) is 4.57 Å². The molecular weight excluding hydrogens is 260 g/mol. The van der Waals surface area contributed by atoms with E-state index >= 15 is 0 Å². The summed E-state index contributed by atoms with van der Waals surface area (Å²) in [6, 6.07) is 8.09. The van der Waals surface area contributed by atoms with Crippen LogP contribution in [0.5, 0.6) is 0 Å². The maximum atomic E-state index is 11.6. The van der Waals surface area contributed by atoms with Gasteiger partial charge in [-0.1, -0.05) is 12.1 Å². The van der Waals surface area contributed by atoms with Crippen LogP contribution in [0.2, 0.25) is 0 Å². The molecule has 0 amide bonds. The minimum atomic E-state index is -0.176. The lowest BCUT2D eigenvalue weighted by atomic mass is 10.1. The van der Waals surface area contributed by atoms with Gasteiger partial charge < -0.3 is 5.73 Å². The van der Waals surface area contributed by atoms with Crippen LogP contribution in [-0.4, -0.2) is 14.8 Å². The van der Waals surface area contributed by atoms with Gasteiger partial charge >= 0.3 is 5.69 Å². The van der Waals surface area contributed by atoms with Gasteiger partial charge in [-0.15, -0.1) is 5.10 Å². The van der Waals surface area contributed by atoms with Crippen molar-refractivity contribution in [2.45, 2.75) is 42.9 Å². The van der Waals surface area contributed by atoms with Crippen LogP contribution in [0, 0.1) is 0 Å². The van der Waals surface area contributed by atoms with E-state index in [2.05, 4.69) is 10.2 Å². The molecule has 2 rings (SSSR count). The van der Waals surface area contributed by atoms with Gasteiger partial charge in [0, 0.05) is 17.0 Å². The van der Waals surface area contributed by atoms with E-state index in [4.69, 9.17) is 5.73 Å². The van der Waals surface area contributed by atoms with Crippen molar-refractivity contribution in [3.63, 3.8) is 0 Å². The summed E-state index contributed by atoms with van der Waals surface area (Å²) in [6.45, 7) is 5.87. The second kappa shape index (κ2) is 5.63. The highest BCUT2D eigenvalue weighted by atomic mass is 32.2. The fraction of sp³-hybridized carbons (Fsp3) is 0.385. The molecule has 0 aliphatic carbocycles. The van der Waals surface area contributed by atoms with E-state index in [1.54, 1.807) is 4.57 Å². The molecule has 3 N–H and O–H groups in total. The van der Waals surface area contributed by atoms with Crippen molar-refractivity contribution in [1.82, 2.24) is 14.8 Å². The summed E-state index contributed by atoms with van der Waals surface area (Å²) in [4.78, 5) is 12.7. The zero-order valence-corrected chi connectivity index (χ0v) is 12.1. The van der Waals surface area contributed by atoms with Crippen LogP contribution in [0.4, 0.5) is 0 Å². The molecule has 0 saturated heterocycles. The maximum absolute atomic E-state index is 11.6. The molecule has 0 aliphatic rings. The highest BCUT2D eigenvalue weighted by molar-refractivity contribution is 7.99. The second-order valence-corrected chi connectivity index (χ2v) is 5.78. The van der Waals surface area contributed by atoms with E-state index in [-0.39, 0.29) is 17.8 Å². The molecule has 19 heavy (non-hydrogen) atoms. The Labute approximate surface area is 116 Å². The molecular formula is C13H18N4OS. The molecule has 0 saturated carbocycles. The highest BCUT2D eigenvalue weighted by Crippen LogP contribution is 2.27. The van der Waals surface area contributed by atoms with Gasteiger partial charge in [0.05, 0.1) is 0 Å². The summed E-state index contributed by atoms with van der Waals surface area (Å²) >= 11 is 1.46. The second-order valence-electron chi connectivity index (χ2n) is 4.73. The molecule has 0 fully saturated rings. The average molecular weight is 278 g/mol. The smallest absolute Gasteiger partial charge is 0.324 e. The number of benzene rings is 1. The topological polar surface area (TPSA) is 76.7 Å². The third-order valence-corrected chi connectivity index (χ3v) is 3.78. The Morgan fingerprint density at radius 3 is 2.42 bits per heavy atom. The molecule has 1 heterocycles. The third kappa shape index (κ3) is 3.08. The van der Waals surface area contributed by atoms with Crippen molar-refractivity contribution >= 4 is 11.8 Å². The summed E-state index contributed by atoms with van der Waals surface area (Å²) in [5.41, 5.74) is 6.73. The zero-order chi connectivity index (χ0) is 14.0. The van der Waals surface area contributed by atoms with Crippen molar-refractivity contribution in [3.05, 3.63) is 40.3 Å². The molecule has 1 atom stereocenters. The first kappa shape index (κ1) is 13.9.